The van der Waals surface area contributed by atoms with E-state index in [4.69, 9.17) is 4.74 Å². The predicted molar refractivity (Wildman–Crippen MR) is 61.2 cm³/mol. The zero-order valence-corrected chi connectivity index (χ0v) is 9.73. The molecule has 0 aliphatic heterocycles. The van der Waals surface area contributed by atoms with E-state index < -0.39 is 0 Å². The van der Waals surface area contributed by atoms with Crippen LogP contribution < -0.4 is 10.2 Å². The second-order valence-corrected chi connectivity index (χ2v) is 3.50. The van der Waals surface area contributed by atoms with Gasteiger partial charge in [0, 0.05) is 53.2 Å². The molecular formula is C10H20N4O. The first kappa shape index (κ1) is 12.0. The largest absolute Gasteiger partial charge is 0.383 e. The summed E-state index contributed by atoms with van der Waals surface area (Å²) in [4.78, 5) is 6.39. The molecule has 0 fully saturated rings. The number of nitrogens with one attached hydrogen (secondary N) is 1. The van der Waals surface area contributed by atoms with Crippen LogP contribution in [0.5, 0.6) is 0 Å². The lowest BCUT2D eigenvalue weighted by atomic mass is 10.5. The Kier molecular flexibility index (Phi) is 5.14. The van der Waals surface area contributed by atoms with Crippen molar-refractivity contribution in [2.45, 2.75) is 0 Å². The molecule has 0 radical (unpaired) electrons. The number of methoxy groups -OCH3 is 1. The van der Waals surface area contributed by atoms with Crippen molar-refractivity contribution in [1.82, 2.24) is 14.9 Å². The summed E-state index contributed by atoms with van der Waals surface area (Å²) < 4.78 is 6.96. The zero-order chi connectivity index (χ0) is 11.1. The molecular weight excluding hydrogens is 192 g/mol. The summed E-state index contributed by atoms with van der Waals surface area (Å²) in [6.07, 6.45) is 3.76. The van der Waals surface area contributed by atoms with E-state index >= 15 is 0 Å². The summed E-state index contributed by atoms with van der Waals surface area (Å²) in [5.74, 6) is 0.989. The van der Waals surface area contributed by atoms with Gasteiger partial charge in [-0.1, -0.05) is 0 Å². The lowest BCUT2D eigenvalue weighted by Gasteiger charge is -2.18. The molecule has 0 unspecified atom stereocenters. The summed E-state index contributed by atoms with van der Waals surface area (Å²) in [6, 6.07) is 0. The van der Waals surface area contributed by atoms with Crippen LogP contribution in [0, 0.1) is 0 Å². The van der Waals surface area contributed by atoms with E-state index in [2.05, 4.69) is 15.2 Å². The average molecular weight is 212 g/mol. The van der Waals surface area contributed by atoms with Crippen molar-refractivity contribution in [2.75, 3.05) is 45.3 Å². The Labute approximate surface area is 91.0 Å². The third-order valence-electron chi connectivity index (χ3n) is 2.24. The molecule has 1 rings (SSSR count). The second kappa shape index (κ2) is 6.42. The Morgan fingerprint density at radius 1 is 1.53 bits per heavy atom. The van der Waals surface area contributed by atoms with E-state index in [1.165, 1.54) is 0 Å². The maximum absolute atomic E-state index is 4.95. The van der Waals surface area contributed by atoms with Crippen molar-refractivity contribution in [3.05, 3.63) is 12.4 Å². The standard InChI is InChI=1S/C10H20N4O/c1-13(7-4-11-6-9-15-3)10-12-5-8-14(10)2/h5,8,11H,4,6-7,9H2,1-3H3. The Balaban J connectivity index is 2.19. The minimum absolute atomic E-state index is 0.756. The highest BCUT2D eigenvalue weighted by Crippen LogP contribution is 2.05. The van der Waals surface area contributed by atoms with Gasteiger partial charge in [0.05, 0.1) is 6.61 Å². The summed E-state index contributed by atoms with van der Waals surface area (Å²) in [5, 5.41) is 3.29. The average Bonchev–Trinajstić information content (AvgIpc) is 2.64. The maximum atomic E-state index is 4.95. The Bertz CT molecular complexity index is 274. The van der Waals surface area contributed by atoms with Gasteiger partial charge in [-0.15, -0.1) is 0 Å². The molecule has 0 saturated carbocycles. The molecule has 0 bridgehead atoms. The third kappa shape index (κ3) is 3.89. The number of hydrogen-bond acceptors (Lipinski definition) is 4. The Morgan fingerprint density at radius 3 is 2.93 bits per heavy atom. The summed E-state index contributed by atoms with van der Waals surface area (Å²) in [6.45, 7) is 3.53. The van der Waals surface area contributed by atoms with Gasteiger partial charge < -0.3 is 19.5 Å². The number of likely N-dealkylation sites (N-methyl/N-ethyl adjacent to an activating group) is 1. The van der Waals surface area contributed by atoms with Gasteiger partial charge >= 0.3 is 0 Å². The van der Waals surface area contributed by atoms with Gasteiger partial charge in [0.25, 0.3) is 0 Å². The first-order valence-electron chi connectivity index (χ1n) is 5.14. The van der Waals surface area contributed by atoms with Crippen LogP contribution >= 0.6 is 0 Å². The van der Waals surface area contributed by atoms with E-state index in [0.29, 0.717) is 0 Å². The van der Waals surface area contributed by atoms with Crippen LogP contribution in [0.1, 0.15) is 0 Å². The summed E-state index contributed by atoms with van der Waals surface area (Å²) >= 11 is 0. The second-order valence-electron chi connectivity index (χ2n) is 3.50. The number of nitrogens with zero attached hydrogens (tertiary/aromatic N) is 3. The number of aromatic nitrogens is 2. The van der Waals surface area contributed by atoms with E-state index in [1.54, 1.807) is 7.11 Å². The fourth-order valence-corrected chi connectivity index (χ4v) is 1.37. The van der Waals surface area contributed by atoms with Gasteiger partial charge in [-0.3, -0.25) is 0 Å². The summed E-state index contributed by atoms with van der Waals surface area (Å²) in [7, 11) is 5.75. The highest BCUT2D eigenvalue weighted by atomic mass is 16.5. The molecule has 0 aromatic carbocycles. The first-order valence-corrected chi connectivity index (χ1v) is 5.14. The highest BCUT2D eigenvalue weighted by Gasteiger charge is 2.04. The van der Waals surface area contributed by atoms with Crippen LogP contribution in [0.3, 0.4) is 0 Å². The molecule has 0 amide bonds. The Morgan fingerprint density at radius 2 is 2.33 bits per heavy atom. The van der Waals surface area contributed by atoms with Gasteiger partial charge in [0.1, 0.15) is 0 Å². The smallest absolute Gasteiger partial charge is 0.204 e. The SMILES string of the molecule is COCCNCCN(C)c1nccn1C. The summed E-state index contributed by atoms with van der Waals surface area (Å²) in [5.41, 5.74) is 0. The molecule has 1 aromatic rings. The number of imidazole rings is 1. The number of anilines is 1. The van der Waals surface area contributed by atoms with E-state index in [0.717, 1.165) is 32.2 Å². The lowest BCUT2D eigenvalue weighted by molar-refractivity contribution is 0.200. The van der Waals surface area contributed by atoms with Crippen LogP contribution in [-0.2, 0) is 11.8 Å². The molecule has 1 aromatic heterocycles. The van der Waals surface area contributed by atoms with Crippen LogP contribution in [0.2, 0.25) is 0 Å². The molecule has 5 heteroatoms. The van der Waals surface area contributed by atoms with Crippen molar-refractivity contribution in [3.8, 4) is 0 Å². The van der Waals surface area contributed by atoms with Crippen molar-refractivity contribution in [3.63, 3.8) is 0 Å². The molecule has 0 spiro atoms. The molecule has 86 valence electrons. The molecule has 0 aliphatic rings. The zero-order valence-electron chi connectivity index (χ0n) is 9.73. The van der Waals surface area contributed by atoms with Gasteiger partial charge in [-0.25, -0.2) is 4.98 Å². The fourth-order valence-electron chi connectivity index (χ4n) is 1.37. The van der Waals surface area contributed by atoms with Crippen LogP contribution in [0.25, 0.3) is 0 Å². The van der Waals surface area contributed by atoms with E-state index in [-0.39, 0.29) is 0 Å². The minimum atomic E-state index is 0.756. The molecule has 0 saturated heterocycles. The van der Waals surface area contributed by atoms with Crippen molar-refractivity contribution in [1.29, 1.82) is 0 Å². The number of hydrogen-bond donors (Lipinski definition) is 1. The third-order valence-corrected chi connectivity index (χ3v) is 2.24. The molecule has 1 heterocycles. The van der Waals surface area contributed by atoms with Gasteiger partial charge in [-0.2, -0.15) is 0 Å². The van der Waals surface area contributed by atoms with Crippen LogP contribution in [-0.4, -0.2) is 49.9 Å². The van der Waals surface area contributed by atoms with E-state index in [9.17, 15) is 0 Å². The minimum Gasteiger partial charge on any atom is -0.383 e. The highest BCUT2D eigenvalue weighted by molar-refractivity contribution is 5.28. The van der Waals surface area contributed by atoms with Crippen molar-refractivity contribution >= 4 is 5.95 Å². The molecule has 0 atom stereocenters. The molecule has 15 heavy (non-hydrogen) atoms. The van der Waals surface area contributed by atoms with E-state index in [1.807, 2.05) is 31.1 Å². The fraction of sp³-hybridized carbons (Fsp3) is 0.700. The quantitative estimate of drug-likeness (QED) is 0.651. The van der Waals surface area contributed by atoms with Crippen molar-refractivity contribution < 1.29 is 4.74 Å². The maximum Gasteiger partial charge on any atom is 0.204 e. The van der Waals surface area contributed by atoms with Gasteiger partial charge in [0.15, 0.2) is 0 Å². The predicted octanol–water partition coefficient (Wildman–Crippen LogP) is 0.0923. The number of aryl methyl sites for hydroxylation is 1. The Hall–Kier alpha value is -1.07. The van der Waals surface area contributed by atoms with Crippen molar-refractivity contribution in [2.24, 2.45) is 7.05 Å². The van der Waals surface area contributed by atoms with Crippen LogP contribution in [0.15, 0.2) is 12.4 Å². The number of rotatable bonds is 7. The molecule has 0 aliphatic carbocycles. The molecule has 5 nitrogen and oxygen atoms in total. The lowest BCUT2D eigenvalue weighted by Crippen LogP contribution is -2.32. The number of ether oxygens (including phenoxy) is 1. The van der Waals surface area contributed by atoms with Gasteiger partial charge in [0.2, 0.25) is 5.95 Å². The van der Waals surface area contributed by atoms with Crippen LogP contribution in [0.4, 0.5) is 5.95 Å². The monoisotopic (exact) mass is 212 g/mol. The molecule has 1 N–H and O–H groups in total. The normalized spacial score (nSPS) is 10.6. The topological polar surface area (TPSA) is 42.3 Å². The van der Waals surface area contributed by atoms with Gasteiger partial charge in [-0.05, 0) is 0 Å². The first-order chi connectivity index (χ1) is 7.25.